The summed E-state index contributed by atoms with van der Waals surface area (Å²) in [6, 6.07) is 8.03. The van der Waals surface area contributed by atoms with E-state index in [1.807, 2.05) is 29.9 Å². The molecule has 0 saturated heterocycles. The zero-order valence-corrected chi connectivity index (χ0v) is 13.5. The van der Waals surface area contributed by atoms with E-state index in [-0.39, 0.29) is 6.03 Å². The second-order valence-corrected chi connectivity index (χ2v) is 5.37. The fraction of sp³-hybridized carbons (Fsp3) is 0.412. The number of aryl methyl sites for hydroxylation is 1. The Morgan fingerprint density at radius 1 is 1.32 bits per heavy atom. The van der Waals surface area contributed by atoms with Gasteiger partial charge in [0.1, 0.15) is 0 Å². The predicted molar refractivity (Wildman–Crippen MR) is 87.6 cm³/mol. The summed E-state index contributed by atoms with van der Waals surface area (Å²) >= 11 is 0. The first-order valence-corrected chi connectivity index (χ1v) is 7.67. The molecule has 118 valence electrons. The van der Waals surface area contributed by atoms with Gasteiger partial charge in [-0.15, -0.1) is 0 Å². The van der Waals surface area contributed by atoms with Gasteiger partial charge in [0.05, 0.1) is 6.54 Å². The van der Waals surface area contributed by atoms with Crippen molar-refractivity contribution < 1.29 is 4.79 Å². The van der Waals surface area contributed by atoms with Gasteiger partial charge in [-0.1, -0.05) is 18.2 Å². The zero-order valence-electron chi connectivity index (χ0n) is 13.5. The fourth-order valence-electron chi connectivity index (χ4n) is 2.35. The molecule has 2 aromatic rings. The number of carbonyl (C=O) groups is 1. The van der Waals surface area contributed by atoms with Crippen LogP contribution >= 0.6 is 0 Å². The molecule has 1 aromatic carbocycles. The number of hydrogen-bond donors (Lipinski definition) is 1. The van der Waals surface area contributed by atoms with Crippen LogP contribution in [0, 0.1) is 13.8 Å². The molecule has 1 N–H and O–H groups in total. The van der Waals surface area contributed by atoms with E-state index >= 15 is 0 Å². The molecule has 0 aliphatic heterocycles. The van der Waals surface area contributed by atoms with E-state index in [0.717, 1.165) is 5.56 Å². The Labute approximate surface area is 131 Å². The van der Waals surface area contributed by atoms with Gasteiger partial charge in [0.25, 0.3) is 0 Å². The molecule has 22 heavy (non-hydrogen) atoms. The highest BCUT2D eigenvalue weighted by Gasteiger charge is 2.11. The van der Waals surface area contributed by atoms with E-state index in [1.165, 1.54) is 11.1 Å². The topological polar surface area (TPSA) is 50.2 Å². The van der Waals surface area contributed by atoms with Crippen LogP contribution in [0.25, 0.3) is 0 Å². The maximum atomic E-state index is 12.3. The molecule has 0 fully saturated rings. The second kappa shape index (κ2) is 7.64. The Bertz CT molecular complexity index is 607. The first-order chi connectivity index (χ1) is 10.6. The van der Waals surface area contributed by atoms with Crippen molar-refractivity contribution in [1.82, 2.24) is 20.0 Å². The van der Waals surface area contributed by atoms with E-state index in [0.29, 0.717) is 26.2 Å². The van der Waals surface area contributed by atoms with Crippen molar-refractivity contribution >= 4 is 6.03 Å². The predicted octanol–water partition coefficient (Wildman–Crippen LogP) is 2.73. The Kier molecular flexibility index (Phi) is 5.58. The Balaban J connectivity index is 1.87. The van der Waals surface area contributed by atoms with Crippen LogP contribution in [0.5, 0.6) is 0 Å². The zero-order chi connectivity index (χ0) is 15.9. The summed E-state index contributed by atoms with van der Waals surface area (Å²) in [5.41, 5.74) is 3.65. The van der Waals surface area contributed by atoms with Crippen molar-refractivity contribution in [2.24, 2.45) is 0 Å². The lowest BCUT2D eigenvalue weighted by atomic mass is 10.0. The third-order valence-corrected chi connectivity index (χ3v) is 3.97. The first-order valence-electron chi connectivity index (χ1n) is 7.67. The lowest BCUT2D eigenvalue weighted by Crippen LogP contribution is -2.41. The summed E-state index contributed by atoms with van der Waals surface area (Å²) in [5, 5.41) is 7.16. The summed E-state index contributed by atoms with van der Waals surface area (Å²) in [5.74, 6) is 0. The van der Waals surface area contributed by atoms with Crippen LogP contribution in [-0.4, -0.2) is 33.8 Å². The second-order valence-electron chi connectivity index (χ2n) is 5.37. The maximum absolute atomic E-state index is 12.3. The minimum absolute atomic E-state index is 0.0319. The van der Waals surface area contributed by atoms with Gasteiger partial charge in [-0.2, -0.15) is 5.10 Å². The molecule has 2 rings (SSSR count). The van der Waals surface area contributed by atoms with E-state index < -0.39 is 0 Å². The molecular formula is C17H24N4O. The molecule has 1 aromatic heterocycles. The van der Waals surface area contributed by atoms with Crippen LogP contribution in [0.15, 0.2) is 36.7 Å². The molecule has 0 bridgehead atoms. The van der Waals surface area contributed by atoms with Crippen LogP contribution < -0.4 is 5.32 Å². The van der Waals surface area contributed by atoms with Crippen LogP contribution in [0.1, 0.15) is 23.6 Å². The highest BCUT2D eigenvalue weighted by atomic mass is 16.2. The summed E-state index contributed by atoms with van der Waals surface area (Å²) in [7, 11) is 0. The summed E-state index contributed by atoms with van der Waals surface area (Å²) in [6.07, 6.45) is 3.65. The molecular weight excluding hydrogens is 276 g/mol. The summed E-state index contributed by atoms with van der Waals surface area (Å²) in [6.45, 7) is 8.76. The molecule has 0 atom stereocenters. The van der Waals surface area contributed by atoms with Crippen molar-refractivity contribution in [2.45, 2.75) is 33.9 Å². The highest BCUT2D eigenvalue weighted by molar-refractivity contribution is 5.74. The van der Waals surface area contributed by atoms with Crippen LogP contribution in [0.2, 0.25) is 0 Å². The SMILES string of the molecule is CCN(CCn1cccn1)C(=O)NCc1cccc(C)c1C. The summed E-state index contributed by atoms with van der Waals surface area (Å²) in [4.78, 5) is 14.1. The first kappa shape index (κ1) is 16.1. The number of benzene rings is 1. The van der Waals surface area contributed by atoms with Gasteiger partial charge >= 0.3 is 6.03 Å². The molecule has 0 aliphatic carbocycles. The molecule has 0 unspecified atom stereocenters. The molecule has 5 nitrogen and oxygen atoms in total. The number of likely N-dealkylation sites (N-methyl/N-ethyl adjacent to an activating group) is 1. The average Bonchev–Trinajstić information content (AvgIpc) is 3.02. The number of nitrogens with zero attached hydrogens (tertiary/aromatic N) is 3. The average molecular weight is 300 g/mol. The van der Waals surface area contributed by atoms with Crippen LogP contribution in [0.3, 0.4) is 0 Å². The Hall–Kier alpha value is -2.30. The fourth-order valence-corrected chi connectivity index (χ4v) is 2.35. The minimum atomic E-state index is -0.0319. The number of hydrogen-bond acceptors (Lipinski definition) is 2. The quantitative estimate of drug-likeness (QED) is 0.892. The number of rotatable bonds is 6. The molecule has 0 saturated carbocycles. The van der Waals surface area contributed by atoms with Gasteiger partial charge in [0.2, 0.25) is 0 Å². The third kappa shape index (κ3) is 4.10. The van der Waals surface area contributed by atoms with Crippen molar-refractivity contribution in [3.63, 3.8) is 0 Å². The highest BCUT2D eigenvalue weighted by Crippen LogP contribution is 2.12. The molecule has 1 heterocycles. The molecule has 2 amide bonds. The molecule has 0 spiro atoms. The smallest absolute Gasteiger partial charge is 0.317 e. The van der Waals surface area contributed by atoms with Gasteiger partial charge < -0.3 is 10.2 Å². The number of carbonyl (C=O) groups excluding carboxylic acids is 1. The van der Waals surface area contributed by atoms with Gasteiger partial charge in [-0.3, -0.25) is 4.68 Å². The number of amides is 2. The van der Waals surface area contributed by atoms with Crippen LogP contribution in [-0.2, 0) is 13.1 Å². The maximum Gasteiger partial charge on any atom is 0.317 e. The monoisotopic (exact) mass is 300 g/mol. The van der Waals surface area contributed by atoms with Crippen molar-refractivity contribution in [1.29, 1.82) is 0 Å². The molecule has 5 heteroatoms. The van der Waals surface area contributed by atoms with Crippen LogP contribution in [0.4, 0.5) is 4.79 Å². The largest absolute Gasteiger partial charge is 0.334 e. The van der Waals surface area contributed by atoms with Gasteiger partial charge in [0, 0.05) is 32.0 Å². The Morgan fingerprint density at radius 3 is 2.82 bits per heavy atom. The lowest BCUT2D eigenvalue weighted by Gasteiger charge is -2.21. The Morgan fingerprint density at radius 2 is 2.14 bits per heavy atom. The van der Waals surface area contributed by atoms with Gasteiger partial charge in [-0.25, -0.2) is 4.79 Å². The van der Waals surface area contributed by atoms with E-state index in [2.05, 4.69) is 36.4 Å². The molecule has 0 aliphatic rings. The standard InChI is InChI=1S/C17H24N4O/c1-4-20(11-12-21-10-6-9-19-21)17(22)18-13-16-8-5-7-14(2)15(16)3/h5-10H,4,11-13H2,1-3H3,(H,18,22). The van der Waals surface area contributed by atoms with E-state index in [4.69, 9.17) is 0 Å². The number of urea groups is 1. The van der Waals surface area contributed by atoms with Crippen molar-refractivity contribution in [2.75, 3.05) is 13.1 Å². The number of aromatic nitrogens is 2. The van der Waals surface area contributed by atoms with E-state index in [1.54, 1.807) is 11.1 Å². The van der Waals surface area contributed by atoms with Crippen molar-refractivity contribution in [3.05, 3.63) is 53.3 Å². The minimum Gasteiger partial charge on any atom is -0.334 e. The third-order valence-electron chi connectivity index (χ3n) is 3.97. The number of nitrogens with one attached hydrogen (secondary N) is 1. The van der Waals surface area contributed by atoms with Crippen molar-refractivity contribution in [3.8, 4) is 0 Å². The lowest BCUT2D eigenvalue weighted by molar-refractivity contribution is 0.197. The van der Waals surface area contributed by atoms with E-state index in [9.17, 15) is 4.79 Å². The molecule has 0 radical (unpaired) electrons. The van der Waals surface area contributed by atoms with Gasteiger partial charge in [-0.05, 0) is 43.5 Å². The summed E-state index contributed by atoms with van der Waals surface area (Å²) < 4.78 is 1.83. The van der Waals surface area contributed by atoms with Gasteiger partial charge in [0.15, 0.2) is 0 Å². The normalized spacial score (nSPS) is 10.5.